The van der Waals surface area contributed by atoms with Crippen LogP contribution in [0.15, 0.2) is 5.38 Å². The highest BCUT2D eigenvalue weighted by atomic mass is 32.1. The number of nitrogens with zero attached hydrogens (tertiary/aromatic N) is 2. The van der Waals surface area contributed by atoms with Crippen LogP contribution < -0.4 is 5.73 Å². The lowest BCUT2D eigenvalue weighted by atomic mass is 10.4. The smallest absolute Gasteiger partial charge is 0.361 e. The summed E-state index contributed by atoms with van der Waals surface area (Å²) >= 11 is 1.07. The number of carbonyl (C=O) groups is 1. The Hall–Kier alpha value is -1.61. The van der Waals surface area contributed by atoms with Crippen molar-refractivity contribution in [2.45, 2.75) is 0 Å². The molecule has 0 saturated carbocycles. The van der Waals surface area contributed by atoms with Crippen LogP contribution in [0.1, 0.15) is 10.5 Å². The van der Waals surface area contributed by atoms with Crippen molar-refractivity contribution < 1.29 is 9.53 Å². The van der Waals surface area contributed by atoms with E-state index in [1.807, 2.05) is 0 Å². The number of nitriles is 1. The van der Waals surface area contributed by atoms with Gasteiger partial charge < -0.3 is 10.5 Å². The predicted octanol–water partition coefficient (Wildman–Crippen LogP) is 0.406. The summed E-state index contributed by atoms with van der Waals surface area (Å²) in [5, 5.41) is 9.64. The van der Waals surface area contributed by atoms with Crippen molar-refractivity contribution in [1.29, 1.82) is 5.26 Å². The largest absolute Gasteiger partial charge is 0.445 e. The molecule has 0 saturated heterocycles. The molecule has 0 aromatic carbocycles. The lowest BCUT2D eigenvalue weighted by molar-refractivity contribution is 0.0551. The van der Waals surface area contributed by atoms with Gasteiger partial charge in [-0.15, -0.1) is 0 Å². The van der Waals surface area contributed by atoms with Gasteiger partial charge in [-0.25, -0.2) is 4.79 Å². The average Bonchev–Trinajstić information content (AvgIpc) is 2.47. The Labute approximate surface area is 72.5 Å². The van der Waals surface area contributed by atoms with Crippen LogP contribution >= 0.6 is 11.5 Å². The highest BCUT2D eigenvalue weighted by Crippen LogP contribution is 2.13. The summed E-state index contributed by atoms with van der Waals surface area (Å²) < 4.78 is 8.18. The van der Waals surface area contributed by atoms with E-state index in [1.54, 1.807) is 6.07 Å². The predicted molar refractivity (Wildman–Crippen MR) is 42.4 cm³/mol. The lowest BCUT2D eigenvalue weighted by Gasteiger charge is -1.95. The van der Waals surface area contributed by atoms with Crippen molar-refractivity contribution in [2.24, 2.45) is 0 Å². The van der Waals surface area contributed by atoms with Crippen LogP contribution in [0.4, 0.5) is 5.69 Å². The van der Waals surface area contributed by atoms with Crippen LogP contribution in [0.2, 0.25) is 0 Å². The molecule has 0 atom stereocenters. The molecule has 1 aromatic heterocycles. The normalized spacial score (nSPS) is 8.92. The molecule has 2 N–H and O–H groups in total. The van der Waals surface area contributed by atoms with Crippen molar-refractivity contribution in [3.05, 3.63) is 11.1 Å². The van der Waals surface area contributed by atoms with Crippen molar-refractivity contribution in [2.75, 3.05) is 12.3 Å². The van der Waals surface area contributed by atoms with Gasteiger partial charge >= 0.3 is 5.97 Å². The van der Waals surface area contributed by atoms with Gasteiger partial charge in [0.2, 0.25) is 0 Å². The number of anilines is 1. The first-order valence-electron chi connectivity index (χ1n) is 2.99. The molecule has 0 radical (unpaired) electrons. The van der Waals surface area contributed by atoms with Crippen LogP contribution in [0, 0.1) is 11.3 Å². The number of carbonyl (C=O) groups excluding carboxylic acids is 1. The van der Waals surface area contributed by atoms with E-state index >= 15 is 0 Å². The molecule has 0 unspecified atom stereocenters. The lowest BCUT2D eigenvalue weighted by Crippen LogP contribution is -2.07. The standard InChI is InChI=1S/C6H5N3O2S/c7-1-2-11-6(10)5-4(8)3-12-9-5/h3H,2,8H2. The van der Waals surface area contributed by atoms with Crippen LogP contribution in [0.5, 0.6) is 0 Å². The minimum atomic E-state index is -0.657. The van der Waals surface area contributed by atoms with E-state index in [4.69, 9.17) is 11.0 Å². The number of aromatic nitrogens is 1. The first kappa shape index (κ1) is 8.49. The van der Waals surface area contributed by atoms with E-state index in [0.717, 1.165) is 11.5 Å². The molecular formula is C6H5N3O2S. The van der Waals surface area contributed by atoms with Gasteiger partial charge in [0.15, 0.2) is 12.3 Å². The summed E-state index contributed by atoms with van der Waals surface area (Å²) in [5.74, 6) is -0.657. The van der Waals surface area contributed by atoms with Gasteiger partial charge in [0.25, 0.3) is 0 Å². The molecule has 1 heterocycles. The summed E-state index contributed by atoms with van der Waals surface area (Å²) in [6, 6.07) is 1.67. The Morgan fingerprint density at radius 1 is 1.92 bits per heavy atom. The van der Waals surface area contributed by atoms with Gasteiger partial charge in [0.1, 0.15) is 6.07 Å². The molecule has 0 aliphatic heterocycles. The minimum absolute atomic E-state index is 0.0789. The molecule has 1 aromatic rings. The summed E-state index contributed by atoms with van der Waals surface area (Å²) in [6.45, 7) is -0.282. The second-order valence-electron chi connectivity index (χ2n) is 1.85. The molecule has 62 valence electrons. The van der Waals surface area contributed by atoms with E-state index in [0.29, 0.717) is 0 Å². The molecule has 0 aliphatic rings. The number of hydrogen-bond acceptors (Lipinski definition) is 6. The second-order valence-corrected chi connectivity index (χ2v) is 2.48. The minimum Gasteiger partial charge on any atom is -0.445 e. The first-order valence-corrected chi connectivity index (χ1v) is 3.83. The quantitative estimate of drug-likeness (QED) is 0.670. The maximum absolute atomic E-state index is 11.0. The molecule has 6 heteroatoms. The van der Waals surface area contributed by atoms with Crippen molar-refractivity contribution in [3.63, 3.8) is 0 Å². The van der Waals surface area contributed by atoms with Gasteiger partial charge in [-0.2, -0.15) is 9.64 Å². The molecule has 0 fully saturated rings. The number of nitrogen functional groups attached to an aromatic ring is 1. The summed E-state index contributed by atoms with van der Waals surface area (Å²) in [6.07, 6.45) is 0. The fourth-order valence-corrected chi connectivity index (χ4v) is 1.13. The third-order valence-corrected chi connectivity index (χ3v) is 1.71. The van der Waals surface area contributed by atoms with E-state index in [1.165, 1.54) is 5.38 Å². The van der Waals surface area contributed by atoms with E-state index < -0.39 is 5.97 Å². The fourth-order valence-electron chi connectivity index (χ4n) is 0.566. The molecule has 1 rings (SSSR count). The molecule has 0 spiro atoms. The van der Waals surface area contributed by atoms with Crippen LogP contribution in [0.3, 0.4) is 0 Å². The van der Waals surface area contributed by atoms with E-state index in [2.05, 4.69) is 9.11 Å². The second kappa shape index (κ2) is 3.69. The van der Waals surface area contributed by atoms with Gasteiger partial charge in [-0.1, -0.05) is 0 Å². The Bertz CT molecular complexity index is 328. The zero-order chi connectivity index (χ0) is 8.97. The van der Waals surface area contributed by atoms with Crippen LogP contribution in [-0.2, 0) is 4.74 Å². The zero-order valence-corrected chi connectivity index (χ0v) is 6.80. The van der Waals surface area contributed by atoms with E-state index in [-0.39, 0.29) is 18.0 Å². The topological polar surface area (TPSA) is 89.0 Å². The monoisotopic (exact) mass is 183 g/mol. The van der Waals surface area contributed by atoms with Crippen molar-refractivity contribution >= 4 is 23.2 Å². The third kappa shape index (κ3) is 1.71. The van der Waals surface area contributed by atoms with E-state index in [9.17, 15) is 4.79 Å². The average molecular weight is 183 g/mol. The third-order valence-electron chi connectivity index (χ3n) is 1.06. The van der Waals surface area contributed by atoms with Crippen LogP contribution in [-0.4, -0.2) is 16.9 Å². The van der Waals surface area contributed by atoms with Crippen molar-refractivity contribution in [1.82, 2.24) is 4.37 Å². The molecule has 0 bridgehead atoms. The molecule has 0 aliphatic carbocycles. The molecular weight excluding hydrogens is 178 g/mol. The van der Waals surface area contributed by atoms with Gasteiger partial charge in [0, 0.05) is 5.38 Å². The van der Waals surface area contributed by atoms with Crippen molar-refractivity contribution in [3.8, 4) is 6.07 Å². The van der Waals surface area contributed by atoms with Gasteiger partial charge in [0.05, 0.1) is 5.69 Å². The zero-order valence-electron chi connectivity index (χ0n) is 5.98. The number of nitrogens with two attached hydrogens (primary N) is 1. The highest BCUT2D eigenvalue weighted by Gasteiger charge is 2.13. The SMILES string of the molecule is N#CCOC(=O)c1nscc1N. The Morgan fingerprint density at radius 2 is 2.67 bits per heavy atom. The Kier molecular flexibility index (Phi) is 2.61. The molecule has 0 amide bonds. The number of esters is 1. The Morgan fingerprint density at radius 3 is 3.17 bits per heavy atom. The maximum atomic E-state index is 11.0. The number of rotatable bonds is 2. The molecule has 5 nitrogen and oxygen atoms in total. The number of ether oxygens (including phenoxy) is 1. The fraction of sp³-hybridized carbons (Fsp3) is 0.167. The first-order chi connectivity index (χ1) is 5.75. The highest BCUT2D eigenvalue weighted by molar-refractivity contribution is 7.04. The number of hydrogen-bond donors (Lipinski definition) is 1. The molecule has 12 heavy (non-hydrogen) atoms. The van der Waals surface area contributed by atoms with Crippen LogP contribution in [0.25, 0.3) is 0 Å². The summed E-state index contributed by atoms with van der Waals surface area (Å²) in [5.41, 5.74) is 5.74. The van der Waals surface area contributed by atoms with Gasteiger partial charge in [-0.3, -0.25) is 0 Å². The van der Waals surface area contributed by atoms with Gasteiger partial charge in [-0.05, 0) is 11.5 Å². The summed E-state index contributed by atoms with van der Waals surface area (Å²) in [4.78, 5) is 11.0. The Balaban J connectivity index is 2.67. The maximum Gasteiger partial charge on any atom is 0.361 e. The summed E-state index contributed by atoms with van der Waals surface area (Å²) in [7, 11) is 0.